The van der Waals surface area contributed by atoms with Gasteiger partial charge in [-0.15, -0.1) is 0 Å². The van der Waals surface area contributed by atoms with Gasteiger partial charge in [0, 0.05) is 13.1 Å². The van der Waals surface area contributed by atoms with Crippen molar-refractivity contribution in [2.45, 2.75) is 38.4 Å². The van der Waals surface area contributed by atoms with Crippen LogP contribution in [0, 0.1) is 0 Å². The highest BCUT2D eigenvalue weighted by Gasteiger charge is 2.20. The minimum Gasteiger partial charge on any atom is -0.352 e. The van der Waals surface area contributed by atoms with Crippen molar-refractivity contribution in [2.24, 2.45) is 0 Å². The number of nitrogens with zero attached hydrogens (tertiary/aromatic N) is 1. The highest BCUT2D eigenvalue weighted by molar-refractivity contribution is 6.33. The van der Waals surface area contributed by atoms with E-state index in [-0.39, 0.29) is 18.2 Å². The summed E-state index contributed by atoms with van der Waals surface area (Å²) >= 11 is 6.19. The number of carbonyl (C=O) groups is 2. The molecule has 3 aromatic rings. The number of hydrogen-bond donors (Lipinski definition) is 2. The van der Waals surface area contributed by atoms with Gasteiger partial charge in [0.05, 0.1) is 23.0 Å². The lowest BCUT2D eigenvalue weighted by Gasteiger charge is -2.19. The minimum atomic E-state index is -0.465. The zero-order valence-electron chi connectivity index (χ0n) is 19.2. The van der Waals surface area contributed by atoms with E-state index in [1.165, 1.54) is 31.5 Å². The van der Waals surface area contributed by atoms with Gasteiger partial charge in [0.2, 0.25) is 5.91 Å². The molecule has 0 saturated carbocycles. The first-order valence-electron chi connectivity index (χ1n) is 11.8. The fourth-order valence-corrected chi connectivity index (χ4v) is 4.46. The molecule has 1 aliphatic heterocycles. The number of benzene rings is 3. The summed E-state index contributed by atoms with van der Waals surface area (Å²) in [5, 5.41) is 6.34. The molecule has 0 bridgehead atoms. The Balaban J connectivity index is 1.35. The maximum absolute atomic E-state index is 12.8. The Bertz CT molecular complexity index is 1100. The number of nitrogens with one attached hydrogen (secondary N) is 2. The van der Waals surface area contributed by atoms with Crippen LogP contribution in [0.5, 0.6) is 0 Å². The van der Waals surface area contributed by atoms with Crippen molar-refractivity contribution in [2.75, 3.05) is 13.1 Å². The highest BCUT2D eigenvalue weighted by atomic mass is 35.5. The molecule has 5 nitrogen and oxygen atoms in total. The third-order valence-electron chi connectivity index (χ3n) is 6.13. The summed E-state index contributed by atoms with van der Waals surface area (Å²) in [7, 11) is 0. The Labute approximate surface area is 206 Å². The molecule has 6 heteroatoms. The van der Waals surface area contributed by atoms with Crippen LogP contribution in [0.4, 0.5) is 0 Å². The lowest BCUT2D eigenvalue weighted by atomic mass is 10.0. The van der Waals surface area contributed by atoms with Gasteiger partial charge in [-0.3, -0.25) is 14.5 Å². The van der Waals surface area contributed by atoms with E-state index in [1.807, 2.05) is 30.3 Å². The molecule has 0 spiro atoms. The number of halogens is 1. The minimum absolute atomic E-state index is 0.130. The Morgan fingerprint density at radius 3 is 2.21 bits per heavy atom. The van der Waals surface area contributed by atoms with Gasteiger partial charge in [0.1, 0.15) is 0 Å². The number of rotatable bonds is 9. The van der Waals surface area contributed by atoms with Gasteiger partial charge in [-0.1, -0.05) is 78.3 Å². The lowest BCUT2D eigenvalue weighted by Crippen LogP contribution is -2.33. The molecule has 3 aromatic carbocycles. The Hall–Kier alpha value is -3.15. The number of amides is 2. The Morgan fingerprint density at radius 1 is 0.853 bits per heavy atom. The summed E-state index contributed by atoms with van der Waals surface area (Å²) in [6.07, 6.45) is 2.70. The van der Waals surface area contributed by atoms with E-state index in [0.29, 0.717) is 17.1 Å². The van der Waals surface area contributed by atoms with Gasteiger partial charge in [-0.2, -0.15) is 0 Å². The second-order valence-electron chi connectivity index (χ2n) is 8.70. The smallest absolute Gasteiger partial charge is 0.253 e. The van der Waals surface area contributed by atoms with Gasteiger partial charge in [-0.25, -0.2) is 0 Å². The van der Waals surface area contributed by atoms with E-state index < -0.39 is 6.04 Å². The topological polar surface area (TPSA) is 61.4 Å². The van der Waals surface area contributed by atoms with E-state index in [9.17, 15) is 9.59 Å². The largest absolute Gasteiger partial charge is 0.352 e. The molecule has 1 fully saturated rings. The molecular formula is C28H30ClN3O2. The molecule has 4 rings (SSSR count). The molecule has 0 radical (unpaired) electrons. The van der Waals surface area contributed by atoms with Crippen molar-refractivity contribution < 1.29 is 9.59 Å². The molecule has 1 saturated heterocycles. The van der Waals surface area contributed by atoms with Crippen LogP contribution < -0.4 is 10.6 Å². The molecule has 1 unspecified atom stereocenters. The van der Waals surface area contributed by atoms with E-state index in [4.69, 9.17) is 11.6 Å². The predicted molar refractivity (Wildman–Crippen MR) is 136 cm³/mol. The maximum atomic E-state index is 12.8. The average molecular weight is 476 g/mol. The van der Waals surface area contributed by atoms with Crippen LogP contribution in [0.15, 0.2) is 78.9 Å². The molecule has 1 heterocycles. The van der Waals surface area contributed by atoms with Gasteiger partial charge in [0.15, 0.2) is 0 Å². The average Bonchev–Trinajstić information content (AvgIpc) is 3.37. The summed E-state index contributed by atoms with van der Waals surface area (Å²) in [5.41, 5.74) is 3.60. The first-order valence-corrected chi connectivity index (χ1v) is 12.1. The van der Waals surface area contributed by atoms with Gasteiger partial charge < -0.3 is 10.6 Å². The van der Waals surface area contributed by atoms with Crippen LogP contribution >= 0.6 is 11.6 Å². The van der Waals surface area contributed by atoms with E-state index in [0.717, 1.165) is 17.7 Å². The van der Waals surface area contributed by atoms with Crippen molar-refractivity contribution in [3.05, 3.63) is 106 Å². The van der Waals surface area contributed by atoms with Gasteiger partial charge >= 0.3 is 0 Å². The Morgan fingerprint density at radius 2 is 1.50 bits per heavy atom. The van der Waals surface area contributed by atoms with Crippen molar-refractivity contribution >= 4 is 23.4 Å². The molecule has 1 atom stereocenters. The number of likely N-dealkylation sites (tertiary alicyclic amines) is 1. The third-order valence-corrected chi connectivity index (χ3v) is 6.46. The van der Waals surface area contributed by atoms with Crippen LogP contribution in [0.1, 0.15) is 52.4 Å². The number of carbonyl (C=O) groups excluding carboxylic acids is 2. The van der Waals surface area contributed by atoms with E-state index in [1.54, 1.807) is 24.3 Å². The van der Waals surface area contributed by atoms with Crippen molar-refractivity contribution in [3.63, 3.8) is 0 Å². The molecule has 2 amide bonds. The van der Waals surface area contributed by atoms with Crippen molar-refractivity contribution in [1.82, 2.24) is 15.5 Å². The summed E-state index contributed by atoms with van der Waals surface area (Å²) in [6, 6.07) is 24.3. The molecule has 34 heavy (non-hydrogen) atoms. The summed E-state index contributed by atoms with van der Waals surface area (Å²) in [5.74, 6) is -0.435. The van der Waals surface area contributed by atoms with Crippen molar-refractivity contribution in [1.29, 1.82) is 0 Å². The summed E-state index contributed by atoms with van der Waals surface area (Å²) in [6.45, 7) is 3.78. The molecular weight excluding hydrogens is 446 g/mol. The van der Waals surface area contributed by atoms with Crippen LogP contribution in [0.2, 0.25) is 5.02 Å². The zero-order chi connectivity index (χ0) is 23.8. The monoisotopic (exact) mass is 475 g/mol. The molecule has 176 valence electrons. The normalized spacial score (nSPS) is 14.5. The fraction of sp³-hybridized carbons (Fsp3) is 0.286. The maximum Gasteiger partial charge on any atom is 0.253 e. The first kappa shape index (κ1) is 24.0. The van der Waals surface area contributed by atoms with Gasteiger partial charge in [0.25, 0.3) is 5.91 Å². The fourth-order valence-electron chi connectivity index (χ4n) is 4.24. The van der Waals surface area contributed by atoms with E-state index in [2.05, 4.69) is 39.8 Å². The summed E-state index contributed by atoms with van der Waals surface area (Å²) in [4.78, 5) is 28.1. The Kier molecular flexibility index (Phi) is 8.34. The van der Waals surface area contributed by atoms with Gasteiger partial charge in [-0.05, 0) is 54.8 Å². The quantitative estimate of drug-likeness (QED) is 0.452. The summed E-state index contributed by atoms with van der Waals surface area (Å²) < 4.78 is 0. The third kappa shape index (κ3) is 6.69. The molecule has 0 aliphatic carbocycles. The van der Waals surface area contributed by atoms with Crippen molar-refractivity contribution in [3.8, 4) is 0 Å². The van der Waals surface area contributed by atoms with Crippen LogP contribution in [0.25, 0.3) is 0 Å². The standard InChI is InChI=1S/C28H30ClN3O2/c29-25-11-5-4-10-24(25)28(34)31-26(23-8-2-1-3-9-23)18-27(33)30-19-21-12-14-22(15-13-21)20-32-16-6-7-17-32/h1-5,8-15,26H,6-7,16-20H2,(H,30,33)(H,31,34). The molecule has 2 N–H and O–H groups in total. The zero-order valence-corrected chi connectivity index (χ0v) is 19.9. The lowest BCUT2D eigenvalue weighted by molar-refractivity contribution is -0.121. The second kappa shape index (κ2) is 11.8. The first-order chi connectivity index (χ1) is 16.6. The van der Waals surface area contributed by atoms with Crippen LogP contribution in [-0.2, 0) is 17.9 Å². The number of hydrogen-bond acceptors (Lipinski definition) is 3. The molecule has 0 aromatic heterocycles. The van der Waals surface area contributed by atoms with Crippen LogP contribution in [0.3, 0.4) is 0 Å². The highest BCUT2D eigenvalue weighted by Crippen LogP contribution is 2.20. The SMILES string of the molecule is O=C(CC(NC(=O)c1ccccc1Cl)c1ccccc1)NCc1ccc(CN2CCCC2)cc1. The second-order valence-corrected chi connectivity index (χ2v) is 9.10. The molecule has 1 aliphatic rings. The van der Waals surface area contributed by atoms with Crippen LogP contribution in [-0.4, -0.2) is 29.8 Å². The predicted octanol–water partition coefficient (Wildman–Crippen LogP) is 5.11. The van der Waals surface area contributed by atoms with E-state index >= 15 is 0 Å².